The van der Waals surface area contributed by atoms with Crippen LogP contribution in [0.4, 0.5) is 4.39 Å². The Labute approximate surface area is 152 Å². The number of nitrogens with zero attached hydrogens (tertiary/aromatic N) is 2. The molecule has 1 aromatic heterocycles. The fourth-order valence-electron chi connectivity index (χ4n) is 4.40. The average molecular weight is 357 g/mol. The van der Waals surface area contributed by atoms with Crippen LogP contribution in [0.15, 0.2) is 42.7 Å². The van der Waals surface area contributed by atoms with Gasteiger partial charge < -0.3 is 10.4 Å². The topological polar surface area (TPSA) is 67.2 Å². The van der Waals surface area contributed by atoms with Gasteiger partial charge in [-0.1, -0.05) is 24.6 Å². The third-order valence-electron chi connectivity index (χ3n) is 5.98. The maximum Gasteiger partial charge on any atom is 0.231 e. The molecule has 0 bridgehead atoms. The summed E-state index contributed by atoms with van der Waals surface area (Å²) in [6, 6.07) is 8.12. The van der Waals surface area contributed by atoms with Crippen molar-refractivity contribution in [1.29, 1.82) is 0 Å². The summed E-state index contributed by atoms with van der Waals surface area (Å²) in [7, 11) is 0. The lowest BCUT2D eigenvalue weighted by Gasteiger charge is -2.41. The molecule has 1 unspecified atom stereocenters. The van der Waals surface area contributed by atoms with E-state index < -0.39 is 11.5 Å². The van der Waals surface area contributed by atoms with Gasteiger partial charge in [-0.2, -0.15) is 5.10 Å². The van der Waals surface area contributed by atoms with Gasteiger partial charge in [0.1, 0.15) is 5.82 Å². The number of halogens is 1. The van der Waals surface area contributed by atoms with Gasteiger partial charge in [-0.15, -0.1) is 0 Å². The molecule has 2 aliphatic rings. The molecular weight excluding hydrogens is 333 g/mol. The number of amides is 1. The van der Waals surface area contributed by atoms with E-state index in [0.29, 0.717) is 31.2 Å². The number of carbonyl (C=O) groups is 1. The minimum atomic E-state index is -0.787. The number of aliphatic hydroxyl groups is 1. The van der Waals surface area contributed by atoms with Crippen LogP contribution in [0.1, 0.15) is 37.7 Å². The molecule has 0 saturated heterocycles. The molecule has 2 aromatic rings. The van der Waals surface area contributed by atoms with Crippen LogP contribution < -0.4 is 5.32 Å². The van der Waals surface area contributed by atoms with Gasteiger partial charge in [0.05, 0.1) is 17.6 Å². The summed E-state index contributed by atoms with van der Waals surface area (Å²) in [4.78, 5) is 13.0. The van der Waals surface area contributed by atoms with Crippen molar-refractivity contribution in [2.75, 3.05) is 0 Å². The summed E-state index contributed by atoms with van der Waals surface area (Å²) in [5, 5.41) is 17.6. The molecule has 2 N–H and O–H groups in total. The fraction of sp³-hybridized carbons (Fsp3) is 0.500. The highest BCUT2D eigenvalue weighted by atomic mass is 19.1. The van der Waals surface area contributed by atoms with E-state index in [0.717, 1.165) is 13.0 Å². The highest BCUT2D eigenvalue weighted by Crippen LogP contribution is 2.45. The first-order valence-electron chi connectivity index (χ1n) is 9.30. The minimum Gasteiger partial charge on any atom is -0.391 e. The zero-order valence-electron chi connectivity index (χ0n) is 14.6. The molecule has 6 heteroatoms. The van der Waals surface area contributed by atoms with Crippen molar-refractivity contribution in [3.63, 3.8) is 0 Å². The molecule has 1 amide bonds. The predicted molar refractivity (Wildman–Crippen MR) is 94.8 cm³/mol. The summed E-state index contributed by atoms with van der Waals surface area (Å²) >= 11 is 0. The second-order valence-electron chi connectivity index (χ2n) is 7.63. The minimum absolute atomic E-state index is 0.155. The van der Waals surface area contributed by atoms with Gasteiger partial charge in [0.2, 0.25) is 5.91 Å². The molecule has 1 heterocycles. The SMILES string of the molecule is O=C(N[C@@H]1CC(Cn2cccn2)C[C@H]1O)C1(c2ccccc2F)CCC1. The smallest absolute Gasteiger partial charge is 0.231 e. The summed E-state index contributed by atoms with van der Waals surface area (Å²) in [5.41, 5.74) is -0.310. The zero-order chi connectivity index (χ0) is 18.1. The van der Waals surface area contributed by atoms with Crippen LogP contribution in [-0.2, 0) is 16.8 Å². The molecule has 0 spiro atoms. The lowest BCUT2D eigenvalue weighted by molar-refractivity contribution is -0.131. The summed E-state index contributed by atoms with van der Waals surface area (Å²) < 4.78 is 16.1. The second-order valence-corrected chi connectivity index (χ2v) is 7.63. The van der Waals surface area contributed by atoms with Crippen molar-refractivity contribution < 1.29 is 14.3 Å². The Kier molecular flexibility index (Phi) is 4.53. The molecule has 3 atom stereocenters. The molecule has 2 saturated carbocycles. The fourth-order valence-corrected chi connectivity index (χ4v) is 4.40. The molecule has 4 rings (SSSR count). The van der Waals surface area contributed by atoms with E-state index in [2.05, 4.69) is 10.4 Å². The highest BCUT2D eigenvalue weighted by molar-refractivity contribution is 5.89. The van der Waals surface area contributed by atoms with Crippen molar-refractivity contribution in [3.8, 4) is 0 Å². The number of hydrogen-bond donors (Lipinski definition) is 2. The van der Waals surface area contributed by atoms with Crippen molar-refractivity contribution in [2.24, 2.45) is 5.92 Å². The van der Waals surface area contributed by atoms with Gasteiger partial charge in [0.25, 0.3) is 0 Å². The van der Waals surface area contributed by atoms with Crippen molar-refractivity contribution in [1.82, 2.24) is 15.1 Å². The predicted octanol–water partition coefficient (Wildman–Crippen LogP) is 2.40. The summed E-state index contributed by atoms with van der Waals surface area (Å²) in [6.45, 7) is 0.731. The lowest BCUT2D eigenvalue weighted by Crippen LogP contribution is -2.53. The van der Waals surface area contributed by atoms with Crippen LogP contribution in [0, 0.1) is 11.7 Å². The van der Waals surface area contributed by atoms with Gasteiger partial charge in [-0.05, 0) is 43.7 Å². The van der Waals surface area contributed by atoms with E-state index in [1.165, 1.54) is 6.07 Å². The van der Waals surface area contributed by atoms with E-state index in [1.54, 1.807) is 24.4 Å². The van der Waals surface area contributed by atoms with Crippen molar-refractivity contribution in [2.45, 2.75) is 56.2 Å². The number of aliphatic hydroxyl groups excluding tert-OH is 1. The summed E-state index contributed by atoms with van der Waals surface area (Å²) in [6.07, 6.45) is 6.63. The Hall–Kier alpha value is -2.21. The van der Waals surface area contributed by atoms with E-state index in [1.807, 2.05) is 16.9 Å². The molecule has 0 radical (unpaired) electrons. The zero-order valence-corrected chi connectivity index (χ0v) is 14.6. The molecule has 0 aliphatic heterocycles. The van der Waals surface area contributed by atoms with Crippen LogP contribution in [0.2, 0.25) is 0 Å². The normalized spacial score (nSPS) is 27.1. The Balaban J connectivity index is 1.45. The quantitative estimate of drug-likeness (QED) is 0.863. The Morgan fingerprint density at radius 2 is 2.12 bits per heavy atom. The molecule has 5 nitrogen and oxygen atoms in total. The largest absolute Gasteiger partial charge is 0.391 e. The first-order chi connectivity index (χ1) is 12.6. The molecule has 138 valence electrons. The van der Waals surface area contributed by atoms with Crippen molar-refractivity contribution in [3.05, 3.63) is 54.1 Å². The van der Waals surface area contributed by atoms with E-state index in [4.69, 9.17) is 0 Å². The van der Waals surface area contributed by atoms with E-state index in [9.17, 15) is 14.3 Å². The molecule has 2 fully saturated rings. The summed E-state index contributed by atoms with van der Waals surface area (Å²) in [5.74, 6) is -0.218. The van der Waals surface area contributed by atoms with Crippen LogP contribution in [0.25, 0.3) is 0 Å². The van der Waals surface area contributed by atoms with Gasteiger partial charge in [-0.3, -0.25) is 9.48 Å². The molecule has 26 heavy (non-hydrogen) atoms. The third-order valence-corrected chi connectivity index (χ3v) is 5.98. The molecule has 1 aromatic carbocycles. The monoisotopic (exact) mass is 357 g/mol. The van der Waals surface area contributed by atoms with Crippen LogP contribution >= 0.6 is 0 Å². The van der Waals surface area contributed by atoms with E-state index in [-0.39, 0.29) is 23.7 Å². The average Bonchev–Trinajstić information content (AvgIpc) is 3.19. The Bertz CT molecular complexity index is 773. The van der Waals surface area contributed by atoms with Crippen LogP contribution in [0.3, 0.4) is 0 Å². The lowest BCUT2D eigenvalue weighted by atomic mass is 9.63. The number of carbonyl (C=O) groups excluding carboxylic acids is 1. The van der Waals surface area contributed by atoms with Crippen LogP contribution in [-0.4, -0.2) is 32.9 Å². The maximum absolute atomic E-state index is 14.3. The number of hydrogen-bond acceptors (Lipinski definition) is 3. The van der Waals surface area contributed by atoms with Gasteiger partial charge in [-0.25, -0.2) is 4.39 Å². The number of aromatic nitrogens is 2. The second kappa shape index (κ2) is 6.83. The van der Waals surface area contributed by atoms with Gasteiger partial charge >= 0.3 is 0 Å². The Morgan fingerprint density at radius 1 is 1.31 bits per heavy atom. The Morgan fingerprint density at radius 3 is 2.77 bits per heavy atom. The van der Waals surface area contributed by atoms with Gasteiger partial charge in [0.15, 0.2) is 0 Å². The van der Waals surface area contributed by atoms with E-state index >= 15 is 0 Å². The number of nitrogens with one attached hydrogen (secondary N) is 1. The first-order valence-corrected chi connectivity index (χ1v) is 9.30. The third kappa shape index (κ3) is 3.03. The number of rotatable bonds is 5. The maximum atomic E-state index is 14.3. The highest BCUT2D eigenvalue weighted by Gasteiger charge is 2.48. The molecular formula is C20H24FN3O2. The standard InChI is InChI=1S/C20H24FN3O2/c21-16-6-2-1-5-15(16)20(7-3-8-20)19(26)23-17-11-14(12-18(17)25)13-24-10-4-9-22-24/h1-2,4-6,9-10,14,17-18,25H,3,7-8,11-13H2,(H,23,26)/t14?,17-,18-/m1/s1. The number of benzene rings is 1. The van der Waals surface area contributed by atoms with Gasteiger partial charge in [0, 0.05) is 24.5 Å². The molecule has 2 aliphatic carbocycles. The van der Waals surface area contributed by atoms with Crippen LogP contribution in [0.5, 0.6) is 0 Å². The first kappa shape index (κ1) is 17.2. The van der Waals surface area contributed by atoms with Crippen molar-refractivity contribution >= 4 is 5.91 Å².